The van der Waals surface area contributed by atoms with E-state index in [0.29, 0.717) is 23.2 Å². The van der Waals surface area contributed by atoms with E-state index in [-0.39, 0.29) is 17.8 Å². The summed E-state index contributed by atoms with van der Waals surface area (Å²) in [5.74, 6) is -0.218. The van der Waals surface area contributed by atoms with Crippen molar-refractivity contribution >= 4 is 17.2 Å². The number of unbranched alkanes of at least 4 members (excludes halogenated alkanes) is 2. The largest absolute Gasteiger partial charge is 0.341 e. The van der Waals surface area contributed by atoms with Crippen LogP contribution in [0.3, 0.4) is 0 Å². The molecule has 0 spiro atoms. The quantitative estimate of drug-likeness (QED) is 0.494. The number of amides is 1. The molecule has 2 aromatic heterocycles. The van der Waals surface area contributed by atoms with Gasteiger partial charge in [-0.3, -0.25) is 15.6 Å². The van der Waals surface area contributed by atoms with Crippen LogP contribution < -0.4 is 10.9 Å². The van der Waals surface area contributed by atoms with Crippen molar-refractivity contribution in [1.29, 1.82) is 0 Å². The normalized spacial score (nSPS) is 18.4. The molecule has 8 nitrogen and oxygen atoms in total. The molecule has 1 aliphatic heterocycles. The van der Waals surface area contributed by atoms with E-state index in [2.05, 4.69) is 26.4 Å². The van der Waals surface area contributed by atoms with Gasteiger partial charge in [0.2, 0.25) is 0 Å². The first-order valence-corrected chi connectivity index (χ1v) is 11.3. The van der Waals surface area contributed by atoms with E-state index in [1.54, 1.807) is 4.90 Å². The number of benzene rings is 1. The van der Waals surface area contributed by atoms with Gasteiger partial charge in [-0.25, -0.2) is 4.39 Å². The highest BCUT2D eigenvalue weighted by Gasteiger charge is 2.24. The molecule has 2 atom stereocenters. The van der Waals surface area contributed by atoms with Gasteiger partial charge in [-0.2, -0.15) is 4.68 Å². The van der Waals surface area contributed by atoms with Crippen LogP contribution in [0.2, 0.25) is 0 Å². The topological polar surface area (TPSA) is 88.0 Å². The number of carbonyl (C=O) groups excluding carboxylic acids is 1. The van der Waals surface area contributed by atoms with Crippen molar-refractivity contribution in [2.24, 2.45) is 0 Å². The van der Waals surface area contributed by atoms with Crippen LogP contribution in [0.25, 0.3) is 5.69 Å². The highest BCUT2D eigenvalue weighted by Crippen LogP contribution is 2.25. The molecule has 0 radical (unpaired) electrons. The van der Waals surface area contributed by atoms with Crippen LogP contribution in [0.4, 0.5) is 4.39 Å². The molecule has 1 saturated heterocycles. The lowest BCUT2D eigenvalue weighted by Gasteiger charge is -2.17. The fourth-order valence-corrected chi connectivity index (χ4v) is 4.70. The van der Waals surface area contributed by atoms with E-state index in [1.807, 2.05) is 30.6 Å². The second-order valence-electron chi connectivity index (χ2n) is 7.79. The zero-order chi connectivity index (χ0) is 21.6. The van der Waals surface area contributed by atoms with Gasteiger partial charge >= 0.3 is 0 Å². The Hall–Kier alpha value is -2.69. The fraction of sp³-hybridized carbons (Fsp3) is 0.429. The van der Waals surface area contributed by atoms with Gasteiger partial charge in [-0.15, -0.1) is 16.4 Å². The highest BCUT2D eigenvalue weighted by atomic mass is 32.1. The van der Waals surface area contributed by atoms with Crippen LogP contribution in [-0.2, 0) is 0 Å². The first-order valence-electron chi connectivity index (χ1n) is 10.4. The van der Waals surface area contributed by atoms with Crippen LogP contribution in [0.5, 0.6) is 0 Å². The van der Waals surface area contributed by atoms with Crippen molar-refractivity contribution in [3.63, 3.8) is 0 Å². The van der Waals surface area contributed by atoms with Crippen molar-refractivity contribution in [3.05, 3.63) is 58.3 Å². The summed E-state index contributed by atoms with van der Waals surface area (Å²) in [6.07, 6.45) is 6.65. The van der Waals surface area contributed by atoms with Gasteiger partial charge in [0.25, 0.3) is 5.91 Å². The van der Waals surface area contributed by atoms with E-state index in [0.717, 1.165) is 37.7 Å². The van der Waals surface area contributed by atoms with Gasteiger partial charge in [0.1, 0.15) is 17.0 Å². The molecule has 3 aromatic rings. The fourth-order valence-electron chi connectivity index (χ4n) is 3.83. The number of nitrogens with zero attached hydrogens (tertiary/aromatic N) is 5. The van der Waals surface area contributed by atoms with Gasteiger partial charge in [0.15, 0.2) is 0 Å². The maximum atomic E-state index is 13.1. The van der Waals surface area contributed by atoms with Crippen molar-refractivity contribution < 1.29 is 9.18 Å². The summed E-state index contributed by atoms with van der Waals surface area (Å²) in [5, 5.41) is 13.0. The summed E-state index contributed by atoms with van der Waals surface area (Å²) >= 11 is 1.40. The van der Waals surface area contributed by atoms with Crippen LogP contribution >= 0.6 is 11.3 Å². The Balaban J connectivity index is 1.17. The average Bonchev–Trinajstić information content (AvgIpc) is 3.54. The zero-order valence-electron chi connectivity index (χ0n) is 17.4. The molecule has 0 aliphatic carbocycles. The van der Waals surface area contributed by atoms with Gasteiger partial charge < -0.3 is 4.90 Å². The van der Waals surface area contributed by atoms with E-state index in [9.17, 15) is 9.18 Å². The summed E-state index contributed by atoms with van der Waals surface area (Å²) in [6, 6.07) is 9.15. The Labute approximate surface area is 184 Å². The predicted octanol–water partition coefficient (Wildman–Crippen LogP) is 3.10. The van der Waals surface area contributed by atoms with Gasteiger partial charge in [0.05, 0.1) is 5.69 Å². The van der Waals surface area contributed by atoms with Gasteiger partial charge in [0, 0.05) is 25.7 Å². The molecule has 1 aliphatic rings. The Morgan fingerprint density at radius 2 is 2.06 bits per heavy atom. The lowest BCUT2D eigenvalue weighted by Crippen LogP contribution is -2.30. The standard InChI is InChI=1S/C21H26FN7OS/c1-28(21(30)20-19(10-12-31-20)29-14-23-26-27-29)11-4-2-3-5-17-13-18(25-24-17)15-6-8-16(22)9-7-15/h6-10,12,14,17-18,24-25H,2-5,11,13H2,1H3. The number of thiophene rings is 1. The average molecular weight is 444 g/mol. The van der Waals surface area contributed by atoms with Crippen molar-refractivity contribution in [2.75, 3.05) is 13.6 Å². The predicted molar refractivity (Wildman–Crippen MR) is 116 cm³/mol. The molecule has 2 N–H and O–H groups in total. The number of aromatic nitrogens is 4. The van der Waals surface area contributed by atoms with E-state index >= 15 is 0 Å². The third-order valence-corrected chi connectivity index (χ3v) is 6.47. The lowest BCUT2D eigenvalue weighted by molar-refractivity contribution is 0.0797. The van der Waals surface area contributed by atoms with Gasteiger partial charge in [-0.05, 0) is 58.8 Å². The molecular weight excluding hydrogens is 417 g/mol. The monoisotopic (exact) mass is 443 g/mol. The van der Waals surface area contributed by atoms with Crippen LogP contribution in [0.1, 0.15) is 53.4 Å². The summed E-state index contributed by atoms with van der Waals surface area (Å²) in [5.41, 5.74) is 8.47. The third kappa shape index (κ3) is 5.33. The van der Waals surface area contributed by atoms with E-state index in [4.69, 9.17) is 0 Å². The highest BCUT2D eigenvalue weighted by molar-refractivity contribution is 7.12. The molecule has 4 rings (SSSR count). The molecule has 0 bridgehead atoms. The first-order chi connectivity index (χ1) is 15.1. The zero-order valence-corrected chi connectivity index (χ0v) is 18.2. The molecule has 1 fully saturated rings. The molecule has 164 valence electrons. The van der Waals surface area contributed by atoms with Crippen LogP contribution in [0, 0.1) is 5.82 Å². The smallest absolute Gasteiger partial charge is 0.265 e. The van der Waals surface area contributed by atoms with Crippen molar-refractivity contribution in [2.45, 2.75) is 44.2 Å². The van der Waals surface area contributed by atoms with E-state index < -0.39 is 0 Å². The molecular formula is C21H26FN7OS. The van der Waals surface area contributed by atoms with Crippen LogP contribution in [-0.4, -0.2) is 50.6 Å². The minimum Gasteiger partial charge on any atom is -0.341 e. The first kappa shape index (κ1) is 21.5. The maximum absolute atomic E-state index is 13.1. The van der Waals surface area contributed by atoms with Gasteiger partial charge in [-0.1, -0.05) is 25.0 Å². The number of tetrazole rings is 1. The lowest BCUT2D eigenvalue weighted by atomic mass is 9.99. The minimum absolute atomic E-state index is 0.00991. The number of hydrogen-bond acceptors (Lipinski definition) is 7. The summed E-state index contributed by atoms with van der Waals surface area (Å²) in [4.78, 5) is 15.2. The van der Waals surface area contributed by atoms with Crippen LogP contribution in [0.15, 0.2) is 42.0 Å². The molecule has 31 heavy (non-hydrogen) atoms. The number of rotatable bonds is 9. The molecule has 0 saturated carbocycles. The number of carbonyl (C=O) groups is 1. The third-order valence-electron chi connectivity index (χ3n) is 5.58. The minimum atomic E-state index is -0.208. The number of nitrogens with one attached hydrogen (secondary N) is 2. The number of hydrogen-bond donors (Lipinski definition) is 2. The number of halogens is 1. The van der Waals surface area contributed by atoms with E-state index in [1.165, 1.54) is 34.5 Å². The maximum Gasteiger partial charge on any atom is 0.265 e. The molecule has 1 aromatic carbocycles. The molecule has 2 unspecified atom stereocenters. The summed E-state index contributed by atoms with van der Waals surface area (Å²) in [6.45, 7) is 0.709. The molecule has 3 heterocycles. The van der Waals surface area contributed by atoms with Crippen molar-refractivity contribution in [1.82, 2.24) is 36.0 Å². The molecule has 1 amide bonds. The Morgan fingerprint density at radius 3 is 2.84 bits per heavy atom. The Bertz CT molecular complexity index is 976. The second-order valence-corrected chi connectivity index (χ2v) is 8.71. The number of hydrazine groups is 1. The SMILES string of the molecule is CN(CCCCCC1CC(c2ccc(F)cc2)NN1)C(=O)c1sccc1-n1cnnn1. The summed E-state index contributed by atoms with van der Waals surface area (Å²) < 4.78 is 14.6. The molecule has 10 heteroatoms. The Morgan fingerprint density at radius 1 is 1.23 bits per heavy atom. The summed E-state index contributed by atoms with van der Waals surface area (Å²) in [7, 11) is 1.83. The van der Waals surface area contributed by atoms with Crippen molar-refractivity contribution in [3.8, 4) is 5.69 Å². The Kier molecular flexibility index (Phi) is 7.00. The second kappa shape index (κ2) is 10.1.